The molecule has 4 heteroatoms. The molecule has 0 fully saturated rings. The molecule has 0 amide bonds. The molecule has 1 heterocycles. The van der Waals surface area contributed by atoms with Crippen LogP contribution in [-0.2, 0) is 11.3 Å². The summed E-state index contributed by atoms with van der Waals surface area (Å²) >= 11 is 3.56. The molecule has 2 aromatic rings. The number of aromatic nitrogens is 1. The number of fused-ring (bicyclic) bond motifs is 1. The van der Waals surface area contributed by atoms with Crippen molar-refractivity contribution in [2.75, 3.05) is 13.2 Å². The number of halogens is 1. The molecular weight excluding hydrogens is 304 g/mol. The third-order valence-electron chi connectivity index (χ3n) is 3.01. The van der Waals surface area contributed by atoms with Crippen molar-refractivity contribution in [2.45, 2.75) is 26.4 Å². The summed E-state index contributed by atoms with van der Waals surface area (Å²) in [5, 5.41) is 4.62. The smallest absolute Gasteiger partial charge is 0.0758 e. The van der Waals surface area contributed by atoms with Gasteiger partial charge in [-0.2, -0.15) is 0 Å². The number of hydrogen-bond donors (Lipinski definition) is 1. The zero-order chi connectivity index (χ0) is 13.7. The van der Waals surface area contributed by atoms with Gasteiger partial charge in [-0.3, -0.25) is 4.98 Å². The number of hydrogen-bond acceptors (Lipinski definition) is 3. The van der Waals surface area contributed by atoms with E-state index in [-0.39, 0.29) is 0 Å². The predicted molar refractivity (Wildman–Crippen MR) is 82.2 cm³/mol. The first-order chi connectivity index (χ1) is 9.22. The summed E-state index contributed by atoms with van der Waals surface area (Å²) in [5.74, 6) is 0. The molecule has 1 unspecified atom stereocenters. The second-order valence-corrected chi connectivity index (χ2v) is 5.40. The maximum Gasteiger partial charge on any atom is 0.0758 e. The van der Waals surface area contributed by atoms with Gasteiger partial charge >= 0.3 is 0 Å². The molecule has 1 aromatic heterocycles. The van der Waals surface area contributed by atoms with E-state index in [1.807, 2.05) is 19.2 Å². The fraction of sp³-hybridized carbons (Fsp3) is 0.400. The quantitative estimate of drug-likeness (QED) is 0.883. The Kier molecular flexibility index (Phi) is 5.31. The number of benzene rings is 1. The SMILES string of the molecule is CCOCC(C)NCc1ccc(Br)c2cccnc12. The van der Waals surface area contributed by atoms with Crippen LogP contribution in [0.2, 0.25) is 0 Å². The Hall–Kier alpha value is -0.970. The molecule has 1 aromatic carbocycles. The van der Waals surface area contributed by atoms with Crippen molar-refractivity contribution in [2.24, 2.45) is 0 Å². The molecule has 0 aliphatic carbocycles. The van der Waals surface area contributed by atoms with Gasteiger partial charge in [0.25, 0.3) is 0 Å². The second-order valence-electron chi connectivity index (χ2n) is 4.55. The molecule has 0 radical (unpaired) electrons. The number of pyridine rings is 1. The van der Waals surface area contributed by atoms with Crippen LogP contribution >= 0.6 is 15.9 Å². The predicted octanol–water partition coefficient (Wildman–Crippen LogP) is 3.51. The summed E-state index contributed by atoms with van der Waals surface area (Å²) < 4.78 is 6.49. The van der Waals surface area contributed by atoms with E-state index in [0.29, 0.717) is 6.04 Å². The van der Waals surface area contributed by atoms with Crippen LogP contribution in [0.1, 0.15) is 19.4 Å². The fourth-order valence-electron chi connectivity index (χ4n) is 1.98. The Labute approximate surface area is 122 Å². The molecule has 0 saturated carbocycles. The van der Waals surface area contributed by atoms with Crippen molar-refractivity contribution < 1.29 is 4.74 Å². The van der Waals surface area contributed by atoms with Gasteiger partial charge in [0.15, 0.2) is 0 Å². The van der Waals surface area contributed by atoms with Crippen molar-refractivity contribution in [3.63, 3.8) is 0 Å². The Morgan fingerprint density at radius 2 is 2.21 bits per heavy atom. The molecule has 0 aliphatic heterocycles. The lowest BCUT2D eigenvalue weighted by atomic mass is 10.1. The van der Waals surface area contributed by atoms with Gasteiger partial charge in [-0.1, -0.05) is 28.1 Å². The zero-order valence-electron chi connectivity index (χ0n) is 11.3. The van der Waals surface area contributed by atoms with E-state index in [4.69, 9.17) is 4.74 Å². The monoisotopic (exact) mass is 322 g/mol. The maximum atomic E-state index is 5.40. The van der Waals surface area contributed by atoms with Crippen LogP contribution in [0.4, 0.5) is 0 Å². The van der Waals surface area contributed by atoms with Gasteiger partial charge in [-0.15, -0.1) is 0 Å². The van der Waals surface area contributed by atoms with Crippen LogP contribution in [0.5, 0.6) is 0 Å². The molecule has 0 bridgehead atoms. The summed E-state index contributed by atoms with van der Waals surface area (Å²) in [6.07, 6.45) is 1.84. The summed E-state index contributed by atoms with van der Waals surface area (Å²) in [4.78, 5) is 4.48. The van der Waals surface area contributed by atoms with Crippen LogP contribution in [0.15, 0.2) is 34.9 Å². The van der Waals surface area contributed by atoms with Crippen molar-refractivity contribution >= 4 is 26.8 Å². The highest BCUT2D eigenvalue weighted by Crippen LogP contribution is 2.25. The molecule has 0 saturated heterocycles. The van der Waals surface area contributed by atoms with Gasteiger partial charge in [-0.25, -0.2) is 0 Å². The Morgan fingerprint density at radius 1 is 1.37 bits per heavy atom. The van der Waals surface area contributed by atoms with Crippen molar-refractivity contribution in [3.05, 3.63) is 40.5 Å². The summed E-state index contributed by atoms with van der Waals surface area (Å²) in [7, 11) is 0. The highest BCUT2D eigenvalue weighted by atomic mass is 79.9. The summed E-state index contributed by atoms with van der Waals surface area (Å²) in [6.45, 7) is 6.44. The van der Waals surface area contributed by atoms with Crippen molar-refractivity contribution in [3.8, 4) is 0 Å². The summed E-state index contributed by atoms with van der Waals surface area (Å²) in [6, 6.07) is 8.57. The molecule has 2 rings (SSSR count). The topological polar surface area (TPSA) is 34.1 Å². The standard InChI is InChI=1S/C15H19BrN2O/c1-3-19-10-11(2)18-9-12-6-7-14(16)13-5-4-8-17-15(12)13/h4-8,11,18H,3,9-10H2,1-2H3. The summed E-state index contributed by atoms with van der Waals surface area (Å²) in [5.41, 5.74) is 2.26. The van der Waals surface area contributed by atoms with Gasteiger partial charge < -0.3 is 10.1 Å². The Morgan fingerprint density at radius 3 is 3.00 bits per heavy atom. The minimum absolute atomic E-state index is 0.336. The van der Waals surface area contributed by atoms with Crippen LogP contribution in [0.25, 0.3) is 10.9 Å². The highest BCUT2D eigenvalue weighted by molar-refractivity contribution is 9.10. The van der Waals surface area contributed by atoms with Crippen LogP contribution in [0, 0.1) is 0 Å². The first-order valence-corrected chi connectivity index (χ1v) is 7.35. The van der Waals surface area contributed by atoms with Crippen molar-refractivity contribution in [1.29, 1.82) is 0 Å². The minimum Gasteiger partial charge on any atom is -0.380 e. The third-order valence-corrected chi connectivity index (χ3v) is 3.70. The molecule has 1 N–H and O–H groups in total. The fourth-order valence-corrected chi connectivity index (χ4v) is 2.43. The molecule has 102 valence electrons. The molecule has 0 spiro atoms. The van der Waals surface area contributed by atoms with E-state index in [1.165, 1.54) is 5.56 Å². The number of rotatable bonds is 6. The number of nitrogens with one attached hydrogen (secondary N) is 1. The third kappa shape index (κ3) is 3.75. The zero-order valence-corrected chi connectivity index (χ0v) is 12.9. The lowest BCUT2D eigenvalue weighted by Crippen LogP contribution is -2.30. The first-order valence-electron chi connectivity index (χ1n) is 6.55. The molecule has 19 heavy (non-hydrogen) atoms. The van der Waals surface area contributed by atoms with Crippen LogP contribution in [-0.4, -0.2) is 24.2 Å². The molecule has 3 nitrogen and oxygen atoms in total. The lowest BCUT2D eigenvalue weighted by Gasteiger charge is -2.14. The van der Waals surface area contributed by atoms with E-state index in [9.17, 15) is 0 Å². The Balaban J connectivity index is 2.11. The van der Waals surface area contributed by atoms with Crippen LogP contribution < -0.4 is 5.32 Å². The van der Waals surface area contributed by atoms with E-state index in [0.717, 1.165) is 35.1 Å². The average molecular weight is 323 g/mol. The minimum atomic E-state index is 0.336. The van der Waals surface area contributed by atoms with Gasteiger partial charge in [0.2, 0.25) is 0 Å². The van der Waals surface area contributed by atoms with Gasteiger partial charge in [0.1, 0.15) is 0 Å². The lowest BCUT2D eigenvalue weighted by molar-refractivity contribution is 0.127. The Bertz CT molecular complexity index is 545. The van der Waals surface area contributed by atoms with Gasteiger partial charge in [0.05, 0.1) is 12.1 Å². The van der Waals surface area contributed by atoms with Gasteiger partial charge in [-0.05, 0) is 31.5 Å². The van der Waals surface area contributed by atoms with E-state index < -0.39 is 0 Å². The average Bonchev–Trinajstić information content (AvgIpc) is 2.45. The van der Waals surface area contributed by atoms with E-state index in [1.54, 1.807) is 0 Å². The van der Waals surface area contributed by atoms with E-state index in [2.05, 4.69) is 51.4 Å². The van der Waals surface area contributed by atoms with E-state index >= 15 is 0 Å². The maximum absolute atomic E-state index is 5.40. The largest absolute Gasteiger partial charge is 0.380 e. The first kappa shape index (κ1) is 14.4. The van der Waals surface area contributed by atoms with Crippen LogP contribution in [0.3, 0.4) is 0 Å². The molecule has 1 atom stereocenters. The molecule has 0 aliphatic rings. The van der Waals surface area contributed by atoms with Gasteiger partial charge in [0, 0.05) is 35.2 Å². The van der Waals surface area contributed by atoms with Crippen molar-refractivity contribution in [1.82, 2.24) is 10.3 Å². The normalized spacial score (nSPS) is 12.8. The molecular formula is C15H19BrN2O. The highest BCUT2D eigenvalue weighted by Gasteiger charge is 2.07. The number of ether oxygens (including phenoxy) is 1. The second kappa shape index (κ2) is 6.98. The number of nitrogens with zero attached hydrogens (tertiary/aromatic N) is 1.